The Morgan fingerprint density at radius 2 is 0.558 bits per heavy atom. The van der Waals surface area contributed by atoms with Crippen molar-refractivity contribution in [3.05, 3.63) is 35.4 Å². The highest BCUT2D eigenvalue weighted by molar-refractivity contribution is 6.21. The number of imide groups is 1. The lowest BCUT2D eigenvalue weighted by Gasteiger charge is -2.13. The molecule has 1 aliphatic rings. The minimum Gasteiger partial charge on any atom is -0.379 e. The van der Waals surface area contributed by atoms with Crippen LogP contribution in [0.1, 0.15) is 27.6 Å². The molecule has 1 aliphatic heterocycles. The van der Waals surface area contributed by atoms with Crippen molar-refractivity contribution in [1.82, 2.24) is 4.90 Å². The fourth-order valence-electron chi connectivity index (χ4n) is 4.38. The second kappa shape index (κ2) is 34.6. The number of nitrogens with zero attached hydrogens (tertiary/aromatic N) is 1. The van der Waals surface area contributed by atoms with Crippen molar-refractivity contribution < 1.29 is 71.2 Å². The first-order valence-electron chi connectivity index (χ1n) is 18.2. The molecule has 300 valence electrons. The smallest absolute Gasteiger partial charge is 0.261 e. The maximum absolute atomic E-state index is 12.3. The molecule has 0 saturated heterocycles. The number of amides is 2. The van der Waals surface area contributed by atoms with Crippen LogP contribution in [0.25, 0.3) is 0 Å². The van der Waals surface area contributed by atoms with Crippen LogP contribution in [0, 0.1) is 0 Å². The summed E-state index contributed by atoms with van der Waals surface area (Å²) in [5, 5.41) is 0. The van der Waals surface area contributed by atoms with Gasteiger partial charge in [0.15, 0.2) is 0 Å². The summed E-state index contributed by atoms with van der Waals surface area (Å²) in [6.07, 6.45) is 0. The summed E-state index contributed by atoms with van der Waals surface area (Å²) in [5.74, 6) is -0.558. The zero-order valence-electron chi connectivity index (χ0n) is 31.0. The van der Waals surface area contributed by atoms with E-state index in [9.17, 15) is 9.59 Å². The predicted molar refractivity (Wildman–Crippen MR) is 188 cm³/mol. The van der Waals surface area contributed by atoms with Gasteiger partial charge in [0.05, 0.1) is 183 Å². The summed E-state index contributed by atoms with van der Waals surface area (Å²) in [6.45, 7) is 15.0. The molecule has 0 aromatic heterocycles. The van der Waals surface area contributed by atoms with Crippen molar-refractivity contribution in [1.29, 1.82) is 0 Å². The Bertz CT molecular complexity index is 954. The molecule has 0 radical (unpaired) electrons. The van der Waals surface area contributed by atoms with E-state index >= 15 is 0 Å². The molecule has 1 aromatic rings. The van der Waals surface area contributed by atoms with Gasteiger partial charge in [-0.3, -0.25) is 14.5 Å². The molecule has 16 nitrogen and oxygen atoms in total. The second-order valence-corrected chi connectivity index (χ2v) is 10.9. The summed E-state index contributed by atoms with van der Waals surface area (Å²) in [6, 6.07) is 6.82. The van der Waals surface area contributed by atoms with Crippen LogP contribution in [0.5, 0.6) is 0 Å². The summed E-state index contributed by atoms with van der Waals surface area (Å²) in [5.41, 5.74) is 0.882. The van der Waals surface area contributed by atoms with Gasteiger partial charge in [0.2, 0.25) is 0 Å². The van der Waals surface area contributed by atoms with E-state index in [1.807, 2.05) is 6.92 Å². The van der Waals surface area contributed by atoms with E-state index < -0.39 is 0 Å². The highest BCUT2D eigenvalue weighted by Gasteiger charge is 2.34. The molecule has 1 heterocycles. The van der Waals surface area contributed by atoms with E-state index in [1.54, 1.807) is 24.3 Å². The Kier molecular flexibility index (Phi) is 30.6. The van der Waals surface area contributed by atoms with Crippen LogP contribution in [0.3, 0.4) is 0 Å². The summed E-state index contributed by atoms with van der Waals surface area (Å²) < 4.78 is 70.7. The minimum atomic E-state index is -0.279. The molecule has 0 unspecified atom stereocenters. The molecule has 0 bridgehead atoms. The summed E-state index contributed by atoms with van der Waals surface area (Å²) in [4.78, 5) is 25.8. The van der Waals surface area contributed by atoms with Gasteiger partial charge in [0.25, 0.3) is 11.8 Å². The Balaban J connectivity index is 1.15. The first kappa shape index (κ1) is 46.0. The minimum absolute atomic E-state index is 0.212. The third kappa shape index (κ3) is 24.2. The second-order valence-electron chi connectivity index (χ2n) is 10.9. The molecule has 0 spiro atoms. The number of carbonyl (C=O) groups is 2. The van der Waals surface area contributed by atoms with E-state index in [0.29, 0.717) is 176 Å². The SMILES string of the molecule is CCOCCOCCOCCOCCOCCOCCOCCOCCOCCOCCOCCOCCOCCN1C(=O)c2ccccc2C1=O. The molecule has 0 aliphatic carbocycles. The van der Waals surface area contributed by atoms with Gasteiger partial charge in [-0.1, -0.05) is 12.1 Å². The average Bonchev–Trinajstić information content (AvgIpc) is 3.40. The lowest BCUT2D eigenvalue weighted by atomic mass is 10.1. The molecule has 0 saturated carbocycles. The molecule has 1 aromatic carbocycles. The van der Waals surface area contributed by atoms with Gasteiger partial charge in [0.1, 0.15) is 0 Å². The number of hydrogen-bond acceptors (Lipinski definition) is 15. The van der Waals surface area contributed by atoms with Gasteiger partial charge < -0.3 is 61.6 Å². The van der Waals surface area contributed by atoms with E-state index in [2.05, 4.69) is 0 Å². The fourth-order valence-corrected chi connectivity index (χ4v) is 4.38. The highest BCUT2D eigenvalue weighted by Crippen LogP contribution is 2.21. The fraction of sp³-hybridized carbons (Fsp3) is 0.778. The number of fused-ring (bicyclic) bond motifs is 1. The molecule has 2 rings (SSSR count). The zero-order valence-corrected chi connectivity index (χ0v) is 31.0. The van der Waals surface area contributed by atoms with Crippen molar-refractivity contribution in [2.75, 3.05) is 178 Å². The molecular formula is C36H61NO15. The lowest BCUT2D eigenvalue weighted by molar-refractivity contribution is -0.0290. The quantitative estimate of drug-likeness (QED) is 0.0703. The van der Waals surface area contributed by atoms with Crippen LogP contribution >= 0.6 is 0 Å². The van der Waals surface area contributed by atoms with Gasteiger partial charge in [-0.2, -0.15) is 0 Å². The number of benzene rings is 1. The van der Waals surface area contributed by atoms with E-state index in [-0.39, 0.29) is 25.0 Å². The Labute approximate surface area is 308 Å². The maximum Gasteiger partial charge on any atom is 0.261 e. The van der Waals surface area contributed by atoms with Crippen LogP contribution in [-0.2, 0) is 61.6 Å². The number of rotatable bonds is 40. The van der Waals surface area contributed by atoms with Crippen molar-refractivity contribution in [2.45, 2.75) is 6.92 Å². The van der Waals surface area contributed by atoms with Crippen LogP contribution in [0.2, 0.25) is 0 Å². The molecule has 0 N–H and O–H groups in total. The van der Waals surface area contributed by atoms with Crippen molar-refractivity contribution in [3.8, 4) is 0 Å². The zero-order chi connectivity index (χ0) is 37.0. The Morgan fingerprint density at radius 3 is 0.788 bits per heavy atom. The van der Waals surface area contributed by atoms with Crippen LogP contribution in [0.4, 0.5) is 0 Å². The van der Waals surface area contributed by atoms with Crippen molar-refractivity contribution >= 4 is 11.8 Å². The third-order valence-electron chi connectivity index (χ3n) is 7.01. The van der Waals surface area contributed by atoms with Gasteiger partial charge in [0, 0.05) is 6.61 Å². The summed E-state index contributed by atoms with van der Waals surface area (Å²) >= 11 is 0. The summed E-state index contributed by atoms with van der Waals surface area (Å²) in [7, 11) is 0. The van der Waals surface area contributed by atoms with Crippen LogP contribution in [-0.4, -0.2) is 195 Å². The molecule has 52 heavy (non-hydrogen) atoms. The normalized spacial score (nSPS) is 12.8. The van der Waals surface area contributed by atoms with Crippen molar-refractivity contribution in [2.24, 2.45) is 0 Å². The standard InChI is InChI=1S/C36H61NO15/c1-2-40-9-10-42-13-14-44-17-18-46-21-22-48-25-26-50-29-30-52-32-31-51-28-27-49-24-23-47-20-19-45-16-15-43-12-11-41-8-7-37-35(38)33-5-3-4-6-34(33)36(37)39/h3-6H,2,7-32H2,1H3. The molecule has 0 atom stereocenters. The number of hydrogen-bond donors (Lipinski definition) is 0. The van der Waals surface area contributed by atoms with E-state index in [0.717, 1.165) is 0 Å². The van der Waals surface area contributed by atoms with Gasteiger partial charge in [-0.15, -0.1) is 0 Å². The highest BCUT2D eigenvalue weighted by atomic mass is 16.6. The Morgan fingerprint density at radius 1 is 0.346 bits per heavy atom. The number of carbonyl (C=O) groups excluding carboxylic acids is 2. The van der Waals surface area contributed by atoms with Crippen molar-refractivity contribution in [3.63, 3.8) is 0 Å². The third-order valence-corrected chi connectivity index (χ3v) is 7.01. The lowest BCUT2D eigenvalue weighted by Crippen LogP contribution is -2.33. The van der Waals surface area contributed by atoms with Gasteiger partial charge >= 0.3 is 0 Å². The topological polar surface area (TPSA) is 157 Å². The monoisotopic (exact) mass is 747 g/mol. The first-order valence-corrected chi connectivity index (χ1v) is 18.2. The maximum atomic E-state index is 12.3. The van der Waals surface area contributed by atoms with Crippen LogP contribution < -0.4 is 0 Å². The molecule has 0 fully saturated rings. The average molecular weight is 748 g/mol. The van der Waals surface area contributed by atoms with Gasteiger partial charge in [-0.05, 0) is 19.1 Å². The first-order chi connectivity index (χ1) is 25.8. The van der Waals surface area contributed by atoms with E-state index in [4.69, 9.17) is 61.6 Å². The molecular weight excluding hydrogens is 686 g/mol. The van der Waals surface area contributed by atoms with E-state index in [1.165, 1.54) is 4.90 Å². The Hall–Kier alpha value is -2.16. The largest absolute Gasteiger partial charge is 0.379 e. The van der Waals surface area contributed by atoms with Gasteiger partial charge in [-0.25, -0.2) is 0 Å². The molecule has 16 heteroatoms. The van der Waals surface area contributed by atoms with Crippen LogP contribution in [0.15, 0.2) is 24.3 Å². The predicted octanol–water partition coefficient (Wildman–Crippen LogP) is 1.52. The molecule has 2 amide bonds. The number of ether oxygens (including phenoxy) is 13.